The van der Waals surface area contributed by atoms with Crippen molar-refractivity contribution in [2.75, 3.05) is 13.6 Å². The van der Waals surface area contributed by atoms with Gasteiger partial charge in [0.2, 0.25) is 0 Å². The van der Waals surface area contributed by atoms with Crippen molar-refractivity contribution in [2.45, 2.75) is 51.6 Å². The number of hydrogen-bond acceptors (Lipinski definition) is 3. The summed E-state index contributed by atoms with van der Waals surface area (Å²) in [4.78, 5) is 12.2. The van der Waals surface area contributed by atoms with Crippen LogP contribution in [0.25, 0.3) is 10.9 Å². The van der Waals surface area contributed by atoms with Gasteiger partial charge in [-0.25, -0.2) is 14.1 Å². The number of rotatable bonds is 5. The van der Waals surface area contributed by atoms with Gasteiger partial charge >= 0.3 is 0 Å². The molecule has 0 bridgehead atoms. The van der Waals surface area contributed by atoms with Crippen LogP contribution < -0.4 is 10.6 Å². The van der Waals surface area contributed by atoms with Gasteiger partial charge < -0.3 is 15.6 Å². The van der Waals surface area contributed by atoms with Crippen LogP contribution in [-0.2, 0) is 19.4 Å². The first kappa shape index (κ1) is 19.4. The molecule has 0 radical (unpaired) electrons. The summed E-state index contributed by atoms with van der Waals surface area (Å²) < 4.78 is 15.6. The SMILES string of the molecule is CN=C(NCCc1c[nH]c2ccc(F)cc12)NC1CCc2nc(C(C)C)nn2C1. The summed E-state index contributed by atoms with van der Waals surface area (Å²) in [6, 6.07) is 5.09. The molecule has 154 valence electrons. The number of nitrogens with one attached hydrogen (secondary N) is 3. The van der Waals surface area contributed by atoms with Crippen molar-refractivity contribution >= 4 is 16.9 Å². The largest absolute Gasteiger partial charge is 0.361 e. The number of benzene rings is 1. The standard InChI is InChI=1S/C21H28FN7/c1-13(2)20-27-19-7-5-16(12-29(19)28-20)26-21(23-3)24-9-8-14-11-25-18-6-4-15(22)10-17(14)18/h4,6,10-11,13,16,25H,5,7-9,12H2,1-3H3,(H2,23,24,26). The van der Waals surface area contributed by atoms with E-state index in [1.165, 1.54) is 6.07 Å². The molecule has 0 spiro atoms. The van der Waals surface area contributed by atoms with Crippen molar-refractivity contribution in [1.29, 1.82) is 0 Å². The third-order valence-electron chi connectivity index (χ3n) is 5.37. The molecule has 4 rings (SSSR count). The minimum Gasteiger partial charge on any atom is -0.361 e. The molecule has 3 aromatic rings. The third-order valence-corrected chi connectivity index (χ3v) is 5.37. The molecule has 3 heterocycles. The average molecular weight is 398 g/mol. The van der Waals surface area contributed by atoms with E-state index in [0.717, 1.165) is 59.9 Å². The highest BCUT2D eigenvalue weighted by molar-refractivity contribution is 5.83. The highest BCUT2D eigenvalue weighted by Crippen LogP contribution is 2.20. The first-order valence-corrected chi connectivity index (χ1v) is 10.2. The Kier molecular flexibility index (Phi) is 5.51. The molecule has 0 amide bonds. The van der Waals surface area contributed by atoms with Crippen LogP contribution in [-0.4, -0.2) is 45.3 Å². The summed E-state index contributed by atoms with van der Waals surface area (Å²) in [6.07, 6.45) is 4.63. The van der Waals surface area contributed by atoms with E-state index >= 15 is 0 Å². The molecule has 3 N–H and O–H groups in total. The van der Waals surface area contributed by atoms with Gasteiger partial charge in [-0.2, -0.15) is 5.10 Å². The topological polar surface area (TPSA) is 82.9 Å². The number of halogens is 1. The summed E-state index contributed by atoms with van der Waals surface area (Å²) in [5.41, 5.74) is 2.05. The van der Waals surface area contributed by atoms with Gasteiger partial charge in [-0.1, -0.05) is 13.8 Å². The molecule has 1 aliphatic rings. The summed E-state index contributed by atoms with van der Waals surface area (Å²) >= 11 is 0. The van der Waals surface area contributed by atoms with Gasteiger partial charge in [0.1, 0.15) is 11.6 Å². The quantitative estimate of drug-likeness (QED) is 0.457. The Morgan fingerprint density at radius 1 is 1.41 bits per heavy atom. The number of hydrogen-bond donors (Lipinski definition) is 3. The Balaban J connectivity index is 1.32. The van der Waals surface area contributed by atoms with E-state index in [0.29, 0.717) is 12.5 Å². The molecule has 2 aromatic heterocycles. The van der Waals surface area contributed by atoms with Crippen LogP contribution in [0.3, 0.4) is 0 Å². The predicted molar refractivity (Wildman–Crippen MR) is 113 cm³/mol. The van der Waals surface area contributed by atoms with Gasteiger partial charge in [-0.05, 0) is 36.6 Å². The van der Waals surface area contributed by atoms with Crippen LogP contribution in [0.5, 0.6) is 0 Å². The molecule has 0 saturated heterocycles. The summed E-state index contributed by atoms with van der Waals surface area (Å²) in [6.45, 7) is 5.73. The van der Waals surface area contributed by atoms with Crippen molar-refractivity contribution in [3.8, 4) is 0 Å². The van der Waals surface area contributed by atoms with Crippen molar-refractivity contribution in [1.82, 2.24) is 30.4 Å². The lowest BCUT2D eigenvalue weighted by molar-refractivity contribution is 0.391. The lowest BCUT2D eigenvalue weighted by Gasteiger charge is -2.25. The van der Waals surface area contributed by atoms with Gasteiger partial charge in [0.15, 0.2) is 11.8 Å². The van der Waals surface area contributed by atoms with Crippen molar-refractivity contribution in [2.24, 2.45) is 4.99 Å². The molecule has 8 heteroatoms. The predicted octanol–water partition coefficient (Wildman–Crippen LogP) is 2.74. The first-order chi connectivity index (χ1) is 14.0. The molecule has 1 aliphatic heterocycles. The maximum Gasteiger partial charge on any atom is 0.191 e. The normalized spacial score (nSPS) is 17.0. The molecular weight excluding hydrogens is 369 g/mol. The number of fused-ring (bicyclic) bond motifs is 2. The van der Waals surface area contributed by atoms with Crippen LogP contribution in [0, 0.1) is 5.82 Å². The van der Waals surface area contributed by atoms with Crippen LogP contribution in [0.2, 0.25) is 0 Å². The molecule has 7 nitrogen and oxygen atoms in total. The fraction of sp³-hybridized carbons (Fsp3) is 0.476. The number of aryl methyl sites for hydroxylation is 1. The fourth-order valence-corrected chi connectivity index (χ4v) is 3.75. The number of H-pyrrole nitrogens is 1. The maximum atomic E-state index is 13.5. The highest BCUT2D eigenvalue weighted by atomic mass is 19.1. The Labute approximate surface area is 169 Å². The van der Waals surface area contributed by atoms with E-state index in [9.17, 15) is 4.39 Å². The van der Waals surface area contributed by atoms with Gasteiger partial charge in [0, 0.05) is 49.1 Å². The van der Waals surface area contributed by atoms with Gasteiger partial charge in [0.25, 0.3) is 0 Å². The van der Waals surface area contributed by atoms with Crippen LogP contribution in [0.15, 0.2) is 29.4 Å². The van der Waals surface area contributed by atoms with E-state index in [1.807, 2.05) is 10.9 Å². The summed E-state index contributed by atoms with van der Waals surface area (Å²) in [5, 5.41) is 12.4. The van der Waals surface area contributed by atoms with Gasteiger partial charge in [-0.3, -0.25) is 4.99 Å². The number of guanidine groups is 1. The lowest BCUT2D eigenvalue weighted by atomic mass is 10.1. The van der Waals surface area contributed by atoms with Gasteiger partial charge in [-0.15, -0.1) is 0 Å². The second-order valence-corrected chi connectivity index (χ2v) is 7.86. The zero-order valence-corrected chi connectivity index (χ0v) is 17.2. The Bertz CT molecular complexity index is 1020. The van der Waals surface area contributed by atoms with Crippen LogP contribution in [0.4, 0.5) is 4.39 Å². The molecule has 0 saturated carbocycles. The smallest absolute Gasteiger partial charge is 0.191 e. The zero-order valence-electron chi connectivity index (χ0n) is 17.2. The van der Waals surface area contributed by atoms with Crippen LogP contribution in [0.1, 0.15) is 43.4 Å². The van der Waals surface area contributed by atoms with E-state index in [-0.39, 0.29) is 11.9 Å². The fourth-order valence-electron chi connectivity index (χ4n) is 3.75. The molecule has 29 heavy (non-hydrogen) atoms. The molecule has 1 atom stereocenters. The average Bonchev–Trinajstić information content (AvgIpc) is 3.31. The second-order valence-electron chi connectivity index (χ2n) is 7.86. The Morgan fingerprint density at radius 2 is 2.28 bits per heavy atom. The summed E-state index contributed by atoms with van der Waals surface area (Å²) in [7, 11) is 1.77. The Morgan fingerprint density at radius 3 is 3.07 bits per heavy atom. The summed E-state index contributed by atoms with van der Waals surface area (Å²) in [5.74, 6) is 2.88. The van der Waals surface area contributed by atoms with E-state index < -0.39 is 0 Å². The van der Waals surface area contributed by atoms with Crippen LogP contribution >= 0.6 is 0 Å². The van der Waals surface area contributed by atoms with E-state index in [2.05, 4.69) is 44.5 Å². The number of aromatic nitrogens is 4. The highest BCUT2D eigenvalue weighted by Gasteiger charge is 2.23. The number of aromatic amines is 1. The van der Waals surface area contributed by atoms with Crippen molar-refractivity contribution < 1.29 is 4.39 Å². The third kappa shape index (κ3) is 4.26. The lowest BCUT2D eigenvalue weighted by Crippen LogP contribution is -2.47. The number of nitrogens with zero attached hydrogens (tertiary/aromatic N) is 4. The van der Waals surface area contributed by atoms with Crippen molar-refractivity contribution in [3.05, 3.63) is 47.4 Å². The molecule has 0 fully saturated rings. The zero-order chi connectivity index (χ0) is 20.4. The molecule has 1 unspecified atom stereocenters. The second kappa shape index (κ2) is 8.23. The van der Waals surface area contributed by atoms with E-state index in [4.69, 9.17) is 0 Å². The van der Waals surface area contributed by atoms with Gasteiger partial charge in [0.05, 0.1) is 6.54 Å². The molecule has 0 aliphatic carbocycles. The molecule has 1 aromatic carbocycles. The Hall–Kier alpha value is -2.90. The van der Waals surface area contributed by atoms with Crippen molar-refractivity contribution in [3.63, 3.8) is 0 Å². The minimum atomic E-state index is -0.214. The maximum absolute atomic E-state index is 13.5. The first-order valence-electron chi connectivity index (χ1n) is 10.2. The monoisotopic (exact) mass is 397 g/mol. The number of aliphatic imine (C=N–C) groups is 1. The minimum absolute atomic E-state index is 0.214. The molecular formula is C21H28FN7. The van der Waals surface area contributed by atoms with E-state index in [1.54, 1.807) is 19.2 Å².